The number of benzene rings is 1. The van der Waals surface area contributed by atoms with Crippen molar-refractivity contribution in [2.24, 2.45) is 5.73 Å². The Morgan fingerprint density at radius 2 is 2.39 bits per heavy atom. The molecule has 18 heavy (non-hydrogen) atoms. The van der Waals surface area contributed by atoms with Crippen molar-refractivity contribution in [3.63, 3.8) is 0 Å². The highest BCUT2D eigenvalue weighted by atomic mass is 32.2. The van der Waals surface area contributed by atoms with E-state index in [1.807, 2.05) is 12.1 Å². The van der Waals surface area contributed by atoms with Crippen LogP contribution in [0.3, 0.4) is 0 Å². The first kappa shape index (κ1) is 13.4. The molecule has 0 aromatic heterocycles. The Labute approximate surface area is 111 Å². The molecule has 3 N–H and O–H groups in total. The minimum Gasteiger partial charge on any atom is -0.391 e. The van der Waals surface area contributed by atoms with E-state index in [-0.39, 0.29) is 12.5 Å². The van der Waals surface area contributed by atoms with Gasteiger partial charge in [-0.3, -0.25) is 4.79 Å². The molecule has 0 saturated heterocycles. The molecule has 0 radical (unpaired) electrons. The third kappa shape index (κ3) is 2.85. The molecule has 1 aliphatic rings. The fraction of sp³-hybridized carbons (Fsp3) is 0.462. The molecule has 1 atom stereocenters. The molecular formula is C13H18N2O2S. The van der Waals surface area contributed by atoms with Gasteiger partial charge in [-0.25, -0.2) is 0 Å². The first-order chi connectivity index (χ1) is 8.61. The highest BCUT2D eigenvalue weighted by Gasteiger charge is 2.22. The molecule has 0 aliphatic carbocycles. The number of aliphatic hydroxyl groups is 1. The molecule has 1 amide bonds. The average molecular weight is 266 g/mol. The van der Waals surface area contributed by atoms with E-state index in [1.165, 1.54) is 5.56 Å². The summed E-state index contributed by atoms with van der Waals surface area (Å²) in [7, 11) is 0. The Bertz CT molecular complexity index is 451. The second kappa shape index (κ2) is 5.73. The quantitative estimate of drug-likeness (QED) is 0.798. The third-order valence-corrected chi connectivity index (χ3v) is 4.18. The summed E-state index contributed by atoms with van der Waals surface area (Å²) >= 11 is 1.60. The van der Waals surface area contributed by atoms with Gasteiger partial charge in [-0.15, -0.1) is 11.8 Å². The summed E-state index contributed by atoms with van der Waals surface area (Å²) in [5.41, 5.74) is 7.60. The molecule has 5 heteroatoms. The number of rotatable bonds is 4. The molecule has 0 fully saturated rings. The molecule has 2 rings (SSSR count). The van der Waals surface area contributed by atoms with E-state index < -0.39 is 6.10 Å². The topological polar surface area (TPSA) is 66.6 Å². The summed E-state index contributed by atoms with van der Waals surface area (Å²) < 4.78 is 0. The van der Waals surface area contributed by atoms with Crippen LogP contribution in [0.5, 0.6) is 0 Å². The lowest BCUT2D eigenvalue weighted by molar-refractivity contribution is -0.116. The maximum atomic E-state index is 11.4. The van der Waals surface area contributed by atoms with Crippen LogP contribution in [0.4, 0.5) is 5.69 Å². The smallest absolute Gasteiger partial charge is 0.223 e. The second-order valence-electron chi connectivity index (χ2n) is 4.41. The number of nitrogens with zero attached hydrogens (tertiary/aromatic N) is 1. The first-order valence-corrected chi connectivity index (χ1v) is 7.02. The van der Waals surface area contributed by atoms with Crippen LogP contribution in [-0.4, -0.2) is 36.0 Å². The third-order valence-electron chi connectivity index (χ3n) is 3.04. The summed E-state index contributed by atoms with van der Waals surface area (Å²) in [6.45, 7) is 2.65. The normalized spacial score (nSPS) is 15.6. The van der Waals surface area contributed by atoms with Crippen LogP contribution in [0.2, 0.25) is 0 Å². The predicted molar refractivity (Wildman–Crippen MR) is 74.0 cm³/mol. The van der Waals surface area contributed by atoms with Gasteiger partial charge in [0, 0.05) is 36.3 Å². The number of hydrogen-bond acceptors (Lipinski definition) is 4. The summed E-state index contributed by atoms with van der Waals surface area (Å²) in [6.07, 6.45) is 0.444. The van der Waals surface area contributed by atoms with Gasteiger partial charge < -0.3 is 15.7 Å². The Kier molecular flexibility index (Phi) is 4.27. The number of carbonyl (C=O) groups excluding carboxylic acids is 1. The van der Waals surface area contributed by atoms with Gasteiger partial charge in [0.05, 0.1) is 6.10 Å². The van der Waals surface area contributed by atoms with Gasteiger partial charge in [0.25, 0.3) is 0 Å². The highest BCUT2D eigenvalue weighted by Crippen LogP contribution is 2.32. The molecule has 1 heterocycles. The van der Waals surface area contributed by atoms with Crippen molar-refractivity contribution in [1.29, 1.82) is 0 Å². The molecule has 1 aliphatic heterocycles. The van der Waals surface area contributed by atoms with Crippen LogP contribution in [0.25, 0.3) is 0 Å². The van der Waals surface area contributed by atoms with Crippen LogP contribution in [0, 0.1) is 0 Å². The number of thioether (sulfide) groups is 1. The molecule has 0 bridgehead atoms. The van der Waals surface area contributed by atoms with Gasteiger partial charge in [-0.2, -0.15) is 0 Å². The van der Waals surface area contributed by atoms with Gasteiger partial charge in [0.1, 0.15) is 0 Å². The molecule has 4 nitrogen and oxygen atoms in total. The predicted octanol–water partition coefficient (Wildman–Crippen LogP) is 1.01. The number of amides is 1. The molecule has 98 valence electrons. The molecule has 1 aromatic rings. The van der Waals surface area contributed by atoms with Crippen molar-refractivity contribution in [3.05, 3.63) is 23.8 Å². The number of aliphatic hydroxyl groups excluding tert-OH is 1. The van der Waals surface area contributed by atoms with Crippen LogP contribution in [0.15, 0.2) is 23.1 Å². The largest absolute Gasteiger partial charge is 0.391 e. The Hall–Kier alpha value is -1.04. The van der Waals surface area contributed by atoms with E-state index in [9.17, 15) is 9.90 Å². The number of carbonyl (C=O) groups is 1. The van der Waals surface area contributed by atoms with Crippen molar-refractivity contribution >= 4 is 23.4 Å². The summed E-state index contributed by atoms with van der Waals surface area (Å²) in [4.78, 5) is 14.3. The standard InChI is InChI=1S/C13H18N2O2S/c1-9(16)15-5-4-10-6-12(2-3-13(10)15)18-8-11(17)7-14/h2-3,6,11,17H,4-5,7-8,14H2,1H3. The SMILES string of the molecule is CC(=O)N1CCc2cc(SCC(O)CN)ccc21. The fourth-order valence-corrected chi connectivity index (χ4v) is 2.97. The van der Waals surface area contributed by atoms with Crippen LogP contribution in [-0.2, 0) is 11.2 Å². The van der Waals surface area contributed by atoms with Gasteiger partial charge in [0.2, 0.25) is 5.91 Å². The van der Waals surface area contributed by atoms with Gasteiger partial charge in [-0.1, -0.05) is 0 Å². The summed E-state index contributed by atoms with van der Waals surface area (Å²) in [5, 5.41) is 9.43. The van der Waals surface area contributed by atoms with Crippen LogP contribution < -0.4 is 10.6 Å². The Morgan fingerprint density at radius 1 is 1.61 bits per heavy atom. The van der Waals surface area contributed by atoms with Gasteiger partial charge in [0.15, 0.2) is 0 Å². The molecule has 1 aromatic carbocycles. The van der Waals surface area contributed by atoms with E-state index in [0.29, 0.717) is 5.75 Å². The van der Waals surface area contributed by atoms with E-state index >= 15 is 0 Å². The monoisotopic (exact) mass is 266 g/mol. The van der Waals surface area contributed by atoms with E-state index in [1.54, 1.807) is 23.6 Å². The number of fused-ring (bicyclic) bond motifs is 1. The minimum absolute atomic E-state index is 0.0905. The molecule has 0 saturated carbocycles. The molecular weight excluding hydrogens is 248 g/mol. The number of hydrogen-bond donors (Lipinski definition) is 2. The Balaban J connectivity index is 2.07. The van der Waals surface area contributed by atoms with Gasteiger partial charge >= 0.3 is 0 Å². The maximum absolute atomic E-state index is 11.4. The maximum Gasteiger partial charge on any atom is 0.223 e. The minimum atomic E-state index is -0.461. The van der Waals surface area contributed by atoms with Crippen molar-refractivity contribution in [3.8, 4) is 0 Å². The molecule has 0 spiro atoms. The van der Waals surface area contributed by atoms with Gasteiger partial charge in [-0.05, 0) is 30.2 Å². The number of anilines is 1. The van der Waals surface area contributed by atoms with Crippen molar-refractivity contribution < 1.29 is 9.90 Å². The fourth-order valence-electron chi connectivity index (χ4n) is 2.06. The second-order valence-corrected chi connectivity index (χ2v) is 5.51. The lowest BCUT2D eigenvalue weighted by Crippen LogP contribution is -2.25. The summed E-state index contributed by atoms with van der Waals surface area (Å²) in [5.74, 6) is 0.693. The molecule has 1 unspecified atom stereocenters. The van der Waals surface area contributed by atoms with E-state index in [4.69, 9.17) is 5.73 Å². The zero-order valence-electron chi connectivity index (χ0n) is 10.4. The summed E-state index contributed by atoms with van der Waals surface area (Å²) in [6, 6.07) is 6.08. The van der Waals surface area contributed by atoms with E-state index in [2.05, 4.69) is 6.07 Å². The zero-order valence-corrected chi connectivity index (χ0v) is 11.2. The lowest BCUT2D eigenvalue weighted by Gasteiger charge is -2.15. The van der Waals surface area contributed by atoms with Crippen molar-refractivity contribution in [1.82, 2.24) is 0 Å². The highest BCUT2D eigenvalue weighted by molar-refractivity contribution is 7.99. The first-order valence-electron chi connectivity index (χ1n) is 6.03. The lowest BCUT2D eigenvalue weighted by atomic mass is 10.2. The van der Waals surface area contributed by atoms with Crippen molar-refractivity contribution in [2.75, 3.05) is 23.7 Å². The van der Waals surface area contributed by atoms with E-state index in [0.717, 1.165) is 23.5 Å². The van der Waals surface area contributed by atoms with Crippen molar-refractivity contribution in [2.45, 2.75) is 24.3 Å². The zero-order chi connectivity index (χ0) is 13.1. The van der Waals surface area contributed by atoms with Crippen LogP contribution in [0.1, 0.15) is 12.5 Å². The Morgan fingerprint density at radius 3 is 3.06 bits per heavy atom. The van der Waals surface area contributed by atoms with Crippen LogP contribution >= 0.6 is 11.8 Å². The number of nitrogens with two attached hydrogens (primary N) is 1. The average Bonchev–Trinajstić information content (AvgIpc) is 2.78.